The lowest BCUT2D eigenvalue weighted by Crippen LogP contribution is -2.60. The van der Waals surface area contributed by atoms with Gasteiger partial charge < -0.3 is 4.79 Å². The summed E-state index contributed by atoms with van der Waals surface area (Å²) in [4.78, 5) is 23.6. The highest BCUT2D eigenvalue weighted by Crippen LogP contribution is 2.53. The van der Waals surface area contributed by atoms with Crippen LogP contribution in [0.3, 0.4) is 0 Å². The quantitative estimate of drug-likeness (QED) is 0.757. The second kappa shape index (κ2) is 6.51. The summed E-state index contributed by atoms with van der Waals surface area (Å²) in [6.07, 6.45) is 6.17. The molecule has 1 aliphatic carbocycles. The van der Waals surface area contributed by atoms with E-state index in [4.69, 9.17) is 9.78 Å². The Hall–Kier alpha value is -0.840. The second-order valence-corrected chi connectivity index (χ2v) is 7.22. The van der Waals surface area contributed by atoms with E-state index in [9.17, 15) is 4.79 Å². The summed E-state index contributed by atoms with van der Waals surface area (Å²) in [7, 11) is 0. The van der Waals surface area contributed by atoms with Crippen LogP contribution >= 0.6 is 11.8 Å². The topological polar surface area (TPSA) is 35.5 Å². The van der Waals surface area contributed by atoms with Gasteiger partial charge in [0.25, 0.3) is 0 Å². The number of hydrogen-bond donors (Lipinski definition) is 0. The molecular formula is C17H22O3S. The van der Waals surface area contributed by atoms with Crippen LogP contribution in [0.25, 0.3) is 0 Å². The molecule has 0 N–H and O–H groups in total. The lowest BCUT2D eigenvalue weighted by atomic mass is 9.72. The van der Waals surface area contributed by atoms with E-state index in [-0.39, 0.29) is 16.8 Å². The minimum atomic E-state index is -0.186. The van der Waals surface area contributed by atoms with Gasteiger partial charge in [-0.05, 0) is 44.2 Å². The van der Waals surface area contributed by atoms with Crippen molar-refractivity contribution in [3.63, 3.8) is 0 Å². The molecule has 3 atom stereocenters. The monoisotopic (exact) mass is 306 g/mol. The summed E-state index contributed by atoms with van der Waals surface area (Å²) in [5.41, 5.74) is -0.133. The fraction of sp³-hybridized carbons (Fsp3) is 0.588. The molecule has 1 saturated carbocycles. The van der Waals surface area contributed by atoms with E-state index in [1.165, 1.54) is 17.7 Å². The van der Waals surface area contributed by atoms with Crippen molar-refractivity contribution in [1.82, 2.24) is 0 Å². The van der Waals surface area contributed by atoms with Gasteiger partial charge in [-0.25, -0.2) is 9.78 Å². The van der Waals surface area contributed by atoms with Crippen molar-refractivity contribution in [1.29, 1.82) is 0 Å². The number of hydrogen-bond acceptors (Lipinski definition) is 4. The van der Waals surface area contributed by atoms with Gasteiger partial charge >= 0.3 is 0 Å². The molecule has 0 bridgehead atoms. The predicted molar refractivity (Wildman–Crippen MR) is 82.9 cm³/mol. The molecule has 4 heteroatoms. The molecule has 2 aliphatic rings. The molecule has 2 unspecified atom stereocenters. The van der Waals surface area contributed by atoms with Gasteiger partial charge in [0.05, 0.1) is 0 Å². The third-order valence-corrected chi connectivity index (χ3v) is 5.82. The Morgan fingerprint density at radius 3 is 2.81 bits per heavy atom. The molecule has 0 aromatic heterocycles. The summed E-state index contributed by atoms with van der Waals surface area (Å²) in [5.74, 6) is 0.702. The average Bonchev–Trinajstić information content (AvgIpc) is 2.51. The summed E-state index contributed by atoms with van der Waals surface area (Å²) in [6, 6.07) is 10.3. The smallest absolute Gasteiger partial charge is 0.175 e. The maximum absolute atomic E-state index is 11.3. The Balaban J connectivity index is 1.69. The van der Waals surface area contributed by atoms with Gasteiger partial charge in [0.2, 0.25) is 0 Å². The van der Waals surface area contributed by atoms with Crippen molar-refractivity contribution in [3.8, 4) is 0 Å². The number of thioether (sulfide) groups is 1. The number of benzene rings is 1. The molecule has 21 heavy (non-hydrogen) atoms. The van der Waals surface area contributed by atoms with E-state index in [2.05, 4.69) is 12.1 Å². The van der Waals surface area contributed by atoms with Crippen LogP contribution in [0.1, 0.15) is 45.4 Å². The van der Waals surface area contributed by atoms with Gasteiger partial charge in [-0.15, -0.1) is 0 Å². The minimum absolute atomic E-state index is 0.0529. The molecule has 1 heterocycles. The van der Waals surface area contributed by atoms with Crippen LogP contribution in [0.2, 0.25) is 0 Å². The lowest BCUT2D eigenvalue weighted by Gasteiger charge is -2.53. The molecule has 1 aromatic rings. The zero-order chi connectivity index (χ0) is 14.7. The van der Waals surface area contributed by atoms with Crippen molar-refractivity contribution >= 4 is 17.5 Å². The molecule has 0 radical (unpaired) electrons. The predicted octanol–water partition coefficient (Wildman–Crippen LogP) is 4.36. The van der Waals surface area contributed by atoms with Gasteiger partial charge in [0, 0.05) is 11.3 Å². The summed E-state index contributed by atoms with van der Waals surface area (Å²) in [5, 5.41) is 0. The minimum Gasteiger partial charge on any atom is -0.300 e. The van der Waals surface area contributed by atoms with Crippen LogP contribution in [0.5, 0.6) is 0 Å². The van der Waals surface area contributed by atoms with Crippen molar-refractivity contribution in [2.45, 2.75) is 61.4 Å². The first-order valence-corrected chi connectivity index (χ1v) is 8.64. The molecule has 3 nitrogen and oxygen atoms in total. The van der Waals surface area contributed by atoms with E-state index >= 15 is 0 Å². The van der Waals surface area contributed by atoms with Gasteiger partial charge in [0.15, 0.2) is 5.44 Å². The van der Waals surface area contributed by atoms with E-state index in [0.29, 0.717) is 12.3 Å². The average molecular weight is 306 g/mol. The van der Waals surface area contributed by atoms with Crippen molar-refractivity contribution < 1.29 is 14.6 Å². The molecule has 1 spiro atoms. The molecular weight excluding hydrogens is 284 g/mol. The maximum Gasteiger partial charge on any atom is 0.175 e. The summed E-state index contributed by atoms with van der Waals surface area (Å²) in [6.45, 7) is 1.67. The fourth-order valence-electron chi connectivity index (χ4n) is 3.38. The fourth-order valence-corrected chi connectivity index (χ4v) is 4.57. The molecule has 1 aromatic carbocycles. The summed E-state index contributed by atoms with van der Waals surface area (Å²) < 4.78 is 0. The highest BCUT2D eigenvalue weighted by molar-refractivity contribution is 7.99. The van der Waals surface area contributed by atoms with Crippen LogP contribution in [-0.4, -0.2) is 16.8 Å². The third-order valence-electron chi connectivity index (χ3n) is 4.58. The zero-order valence-electron chi connectivity index (χ0n) is 12.4. The third kappa shape index (κ3) is 3.17. The number of carbonyl (C=O) groups excluding carboxylic acids is 1. The summed E-state index contributed by atoms with van der Waals surface area (Å²) >= 11 is 1.74. The first kappa shape index (κ1) is 15.1. The SMILES string of the molecule is CC(=O)CC[C@@H]1CCCCC12OOC2Sc1ccccc1. The van der Waals surface area contributed by atoms with E-state index in [0.717, 1.165) is 19.3 Å². The largest absolute Gasteiger partial charge is 0.300 e. The normalized spacial score (nSPS) is 31.9. The van der Waals surface area contributed by atoms with Crippen LogP contribution in [0.4, 0.5) is 0 Å². The standard InChI is InChI=1S/C17H22O3S/c1-13(18)10-11-14-7-5-6-12-17(14)16(19-20-17)21-15-8-3-2-4-9-15/h2-4,8-9,14,16H,5-7,10-12H2,1H3/t14-,16?,17?/m0/s1. The Labute approximate surface area is 130 Å². The van der Waals surface area contributed by atoms with Gasteiger partial charge in [-0.2, -0.15) is 0 Å². The van der Waals surface area contributed by atoms with Crippen molar-refractivity contribution in [2.24, 2.45) is 5.92 Å². The number of ketones is 1. The maximum atomic E-state index is 11.3. The van der Waals surface area contributed by atoms with E-state index in [1.807, 2.05) is 18.2 Å². The van der Waals surface area contributed by atoms with E-state index < -0.39 is 0 Å². The second-order valence-electron chi connectivity index (χ2n) is 6.08. The van der Waals surface area contributed by atoms with Crippen LogP contribution in [0, 0.1) is 5.92 Å². The van der Waals surface area contributed by atoms with Gasteiger partial charge in [0.1, 0.15) is 11.4 Å². The Bertz CT molecular complexity index is 490. The van der Waals surface area contributed by atoms with Crippen molar-refractivity contribution in [2.75, 3.05) is 0 Å². The van der Waals surface area contributed by atoms with Gasteiger partial charge in [-0.3, -0.25) is 0 Å². The molecule has 1 saturated heterocycles. The molecule has 3 rings (SSSR count). The molecule has 1 aliphatic heterocycles. The van der Waals surface area contributed by atoms with Crippen LogP contribution in [-0.2, 0) is 14.6 Å². The number of Topliss-reactive ketones (excluding diaryl/α,β-unsaturated/α-hetero) is 1. The lowest BCUT2D eigenvalue weighted by molar-refractivity contribution is -0.502. The van der Waals surface area contributed by atoms with Gasteiger partial charge in [-0.1, -0.05) is 42.8 Å². The number of carbonyl (C=O) groups is 1. The Kier molecular flexibility index (Phi) is 4.67. The zero-order valence-corrected chi connectivity index (χ0v) is 13.2. The van der Waals surface area contributed by atoms with Crippen molar-refractivity contribution in [3.05, 3.63) is 30.3 Å². The Morgan fingerprint density at radius 2 is 2.14 bits per heavy atom. The van der Waals surface area contributed by atoms with Crippen LogP contribution in [0.15, 0.2) is 35.2 Å². The molecule has 2 fully saturated rings. The molecule has 0 amide bonds. The number of rotatable bonds is 5. The van der Waals surface area contributed by atoms with Crippen LogP contribution < -0.4 is 0 Å². The first-order valence-electron chi connectivity index (χ1n) is 7.76. The highest BCUT2D eigenvalue weighted by atomic mass is 32.2. The molecule has 114 valence electrons. The highest BCUT2D eigenvalue weighted by Gasteiger charge is 2.57. The first-order chi connectivity index (χ1) is 10.2. The Morgan fingerprint density at radius 1 is 1.33 bits per heavy atom. The van der Waals surface area contributed by atoms with E-state index in [1.54, 1.807) is 18.7 Å².